The third kappa shape index (κ3) is 2.89. The second kappa shape index (κ2) is 5.86. The molecule has 1 aliphatic carbocycles. The molecule has 1 atom stereocenters. The van der Waals surface area contributed by atoms with Crippen molar-refractivity contribution in [1.82, 2.24) is 9.71 Å². The third-order valence-corrected chi connectivity index (χ3v) is 6.08. The van der Waals surface area contributed by atoms with Gasteiger partial charge in [0.2, 0.25) is 10.0 Å². The van der Waals surface area contributed by atoms with Gasteiger partial charge in [0.1, 0.15) is 11.6 Å². The second-order valence-electron chi connectivity index (χ2n) is 6.17. The zero-order valence-corrected chi connectivity index (χ0v) is 14.4. The average molecular weight is 360 g/mol. The summed E-state index contributed by atoms with van der Waals surface area (Å²) in [6.07, 6.45) is 1.19. The minimum atomic E-state index is -3.68. The summed E-state index contributed by atoms with van der Waals surface area (Å²) in [6, 6.07) is 10.4. The summed E-state index contributed by atoms with van der Waals surface area (Å²) in [5.41, 5.74) is 3.17. The van der Waals surface area contributed by atoms with E-state index in [9.17, 15) is 12.8 Å². The van der Waals surface area contributed by atoms with Gasteiger partial charge in [-0.1, -0.05) is 0 Å². The molecule has 4 rings (SSSR count). The fraction of sp³-hybridized carbons (Fsp3) is 0.222. The lowest BCUT2D eigenvalue weighted by molar-refractivity contribution is 0.415. The Labute approximate surface area is 144 Å². The van der Waals surface area contributed by atoms with Crippen molar-refractivity contribution in [2.24, 2.45) is 0 Å². The number of nitrogens with one attached hydrogen (secondary N) is 2. The van der Waals surface area contributed by atoms with E-state index in [4.69, 9.17) is 4.74 Å². The van der Waals surface area contributed by atoms with Crippen molar-refractivity contribution in [3.05, 3.63) is 59.5 Å². The van der Waals surface area contributed by atoms with Crippen LogP contribution in [0.15, 0.2) is 47.4 Å². The van der Waals surface area contributed by atoms with Crippen molar-refractivity contribution >= 4 is 20.9 Å². The van der Waals surface area contributed by atoms with Gasteiger partial charge in [0, 0.05) is 29.1 Å². The molecule has 1 aromatic heterocycles. The molecule has 0 saturated heterocycles. The number of aromatic nitrogens is 1. The molecule has 0 fully saturated rings. The molecule has 0 bridgehead atoms. The highest BCUT2D eigenvalue weighted by atomic mass is 32.2. The molecule has 25 heavy (non-hydrogen) atoms. The Morgan fingerprint density at radius 2 is 1.92 bits per heavy atom. The molecule has 0 aliphatic heterocycles. The SMILES string of the molecule is COc1ccc2[nH]c3c(c2c1)CC(NS(=O)(=O)c1ccc(F)cc1)C3. The maximum absolute atomic E-state index is 13.0. The number of aromatic amines is 1. The summed E-state index contributed by atoms with van der Waals surface area (Å²) in [5, 5.41) is 1.05. The molecule has 1 unspecified atom stereocenters. The lowest BCUT2D eigenvalue weighted by Gasteiger charge is -2.13. The number of hydrogen-bond donors (Lipinski definition) is 2. The fourth-order valence-corrected chi connectivity index (χ4v) is 4.60. The molecule has 2 aromatic carbocycles. The van der Waals surface area contributed by atoms with Gasteiger partial charge >= 0.3 is 0 Å². The van der Waals surface area contributed by atoms with Crippen LogP contribution in [-0.2, 0) is 22.9 Å². The molecule has 3 aromatic rings. The van der Waals surface area contributed by atoms with Crippen LogP contribution < -0.4 is 9.46 Å². The summed E-state index contributed by atoms with van der Waals surface area (Å²) < 4.78 is 45.9. The van der Waals surface area contributed by atoms with E-state index < -0.39 is 15.8 Å². The van der Waals surface area contributed by atoms with Gasteiger partial charge in [-0.25, -0.2) is 17.5 Å². The van der Waals surface area contributed by atoms with Gasteiger partial charge in [-0.3, -0.25) is 0 Å². The molecule has 2 N–H and O–H groups in total. The maximum Gasteiger partial charge on any atom is 0.240 e. The number of sulfonamides is 1. The van der Waals surface area contributed by atoms with Gasteiger partial charge in [0.15, 0.2) is 0 Å². The van der Waals surface area contributed by atoms with Crippen LogP contribution in [0.5, 0.6) is 5.75 Å². The smallest absolute Gasteiger partial charge is 0.240 e. The highest BCUT2D eigenvalue weighted by molar-refractivity contribution is 7.89. The first-order valence-corrected chi connectivity index (χ1v) is 9.40. The van der Waals surface area contributed by atoms with Gasteiger partial charge in [0.05, 0.1) is 12.0 Å². The molecule has 0 spiro atoms. The first-order valence-electron chi connectivity index (χ1n) is 7.91. The molecule has 0 amide bonds. The minimum absolute atomic E-state index is 0.0657. The molecule has 1 heterocycles. The molecule has 0 saturated carbocycles. The van der Waals surface area contributed by atoms with Crippen molar-refractivity contribution in [3.63, 3.8) is 0 Å². The predicted molar refractivity (Wildman–Crippen MR) is 92.8 cm³/mol. The number of benzene rings is 2. The highest BCUT2D eigenvalue weighted by Crippen LogP contribution is 2.32. The van der Waals surface area contributed by atoms with Crippen LogP contribution in [0, 0.1) is 5.82 Å². The zero-order valence-electron chi connectivity index (χ0n) is 13.5. The Morgan fingerprint density at radius 3 is 2.64 bits per heavy atom. The monoisotopic (exact) mass is 360 g/mol. The largest absolute Gasteiger partial charge is 0.497 e. The number of halogens is 1. The number of fused-ring (bicyclic) bond motifs is 3. The van der Waals surface area contributed by atoms with Crippen LogP contribution in [0.1, 0.15) is 11.3 Å². The molecule has 1 aliphatic rings. The Balaban J connectivity index is 1.58. The molecule has 0 radical (unpaired) electrons. The van der Waals surface area contributed by atoms with Gasteiger partial charge in [-0.15, -0.1) is 0 Å². The van der Waals surface area contributed by atoms with E-state index in [1.807, 2.05) is 18.2 Å². The van der Waals surface area contributed by atoms with Gasteiger partial charge in [0.25, 0.3) is 0 Å². The van der Waals surface area contributed by atoms with Gasteiger partial charge in [-0.2, -0.15) is 0 Å². The first-order chi connectivity index (χ1) is 12.0. The summed E-state index contributed by atoms with van der Waals surface area (Å²) in [5.74, 6) is 0.305. The Kier molecular flexibility index (Phi) is 3.77. The molecule has 5 nitrogen and oxygen atoms in total. The van der Waals surface area contributed by atoms with Gasteiger partial charge < -0.3 is 9.72 Å². The van der Waals surface area contributed by atoms with Crippen molar-refractivity contribution in [1.29, 1.82) is 0 Å². The lowest BCUT2D eigenvalue weighted by Crippen LogP contribution is -2.35. The first kappa shape index (κ1) is 16.1. The highest BCUT2D eigenvalue weighted by Gasteiger charge is 2.29. The van der Waals surface area contributed by atoms with E-state index in [-0.39, 0.29) is 10.9 Å². The summed E-state index contributed by atoms with van der Waals surface area (Å²) in [7, 11) is -2.06. The standard InChI is InChI=1S/C18H17FN2O3S/c1-24-13-4-7-17-16(10-13)15-8-12(9-18(15)20-17)21-25(22,23)14-5-2-11(19)3-6-14/h2-7,10,12,20-21H,8-9H2,1H3. The van der Waals surface area contributed by atoms with Crippen LogP contribution in [0.2, 0.25) is 0 Å². The molecular formula is C18H17FN2O3S. The topological polar surface area (TPSA) is 71.2 Å². The van der Waals surface area contributed by atoms with E-state index in [1.165, 1.54) is 12.1 Å². The van der Waals surface area contributed by atoms with E-state index in [0.717, 1.165) is 40.0 Å². The molecule has 7 heteroatoms. The van der Waals surface area contributed by atoms with E-state index in [0.29, 0.717) is 12.8 Å². The summed E-state index contributed by atoms with van der Waals surface area (Å²) in [6.45, 7) is 0. The van der Waals surface area contributed by atoms with Gasteiger partial charge in [-0.05, 0) is 54.4 Å². The Hall–Kier alpha value is -2.38. The summed E-state index contributed by atoms with van der Waals surface area (Å²) >= 11 is 0. The summed E-state index contributed by atoms with van der Waals surface area (Å²) in [4.78, 5) is 3.42. The number of ether oxygens (including phenoxy) is 1. The number of rotatable bonds is 4. The number of hydrogen-bond acceptors (Lipinski definition) is 3. The van der Waals surface area contributed by atoms with Crippen molar-refractivity contribution in [2.45, 2.75) is 23.8 Å². The zero-order chi connectivity index (χ0) is 17.6. The van der Waals surface area contributed by atoms with Crippen LogP contribution in [-0.4, -0.2) is 26.6 Å². The molecule has 130 valence electrons. The van der Waals surface area contributed by atoms with Crippen LogP contribution in [0.4, 0.5) is 4.39 Å². The molecular weight excluding hydrogens is 343 g/mol. The Morgan fingerprint density at radius 1 is 1.16 bits per heavy atom. The lowest BCUT2D eigenvalue weighted by atomic mass is 10.1. The van der Waals surface area contributed by atoms with Crippen LogP contribution >= 0.6 is 0 Å². The van der Waals surface area contributed by atoms with Crippen molar-refractivity contribution < 1.29 is 17.5 Å². The second-order valence-corrected chi connectivity index (χ2v) is 7.89. The normalized spacial score (nSPS) is 17.0. The number of methoxy groups -OCH3 is 1. The maximum atomic E-state index is 13.0. The quantitative estimate of drug-likeness (QED) is 0.752. The minimum Gasteiger partial charge on any atom is -0.497 e. The van der Waals surface area contributed by atoms with E-state index >= 15 is 0 Å². The third-order valence-electron chi connectivity index (χ3n) is 4.55. The fourth-order valence-electron chi connectivity index (χ4n) is 3.37. The van der Waals surface area contributed by atoms with Crippen molar-refractivity contribution in [3.8, 4) is 5.75 Å². The average Bonchev–Trinajstić information content (AvgIpc) is 3.11. The van der Waals surface area contributed by atoms with Crippen LogP contribution in [0.3, 0.4) is 0 Å². The predicted octanol–water partition coefficient (Wildman–Crippen LogP) is 2.76. The van der Waals surface area contributed by atoms with E-state index in [1.54, 1.807) is 7.11 Å². The van der Waals surface area contributed by atoms with E-state index in [2.05, 4.69) is 9.71 Å². The van der Waals surface area contributed by atoms with Crippen LogP contribution in [0.25, 0.3) is 10.9 Å². The van der Waals surface area contributed by atoms with Crippen molar-refractivity contribution in [2.75, 3.05) is 7.11 Å². The number of H-pyrrole nitrogens is 1. The Bertz CT molecular complexity index is 1040.